The summed E-state index contributed by atoms with van der Waals surface area (Å²) in [5.74, 6) is -0.195. The molecule has 4 nitrogen and oxygen atoms in total. The lowest BCUT2D eigenvalue weighted by Gasteiger charge is -2.12. The van der Waals surface area contributed by atoms with Gasteiger partial charge in [-0.25, -0.2) is 0 Å². The van der Waals surface area contributed by atoms with E-state index in [-0.39, 0.29) is 16.9 Å². The van der Waals surface area contributed by atoms with Crippen LogP contribution in [0.25, 0.3) is 6.08 Å². The van der Waals surface area contributed by atoms with Crippen LogP contribution in [0.15, 0.2) is 56.3 Å². The third-order valence-corrected chi connectivity index (χ3v) is 5.79. The SMILES string of the molecule is O=C1S/C(=C\c2cc(Br)c(O)c(Br)c2)C(=O)N1CCc1ccccc1. The molecule has 25 heavy (non-hydrogen) atoms. The van der Waals surface area contributed by atoms with Crippen LogP contribution in [0.2, 0.25) is 0 Å². The quantitative estimate of drug-likeness (QED) is 0.608. The van der Waals surface area contributed by atoms with Crippen molar-refractivity contribution in [3.05, 3.63) is 67.4 Å². The van der Waals surface area contributed by atoms with Crippen molar-refractivity contribution in [2.75, 3.05) is 6.54 Å². The molecule has 2 aromatic rings. The standard InChI is InChI=1S/C18H13Br2NO3S/c19-13-8-12(9-14(20)16(13)22)10-15-17(23)21(18(24)25-15)7-6-11-4-2-1-3-5-11/h1-5,8-10,22H,6-7H2/b15-10-. The predicted molar refractivity (Wildman–Crippen MR) is 106 cm³/mol. The molecule has 0 radical (unpaired) electrons. The fraction of sp³-hybridized carbons (Fsp3) is 0.111. The number of halogens is 2. The van der Waals surface area contributed by atoms with Crippen molar-refractivity contribution in [2.24, 2.45) is 0 Å². The molecule has 1 saturated heterocycles. The number of phenolic OH excluding ortho intramolecular Hbond substituents is 1. The Morgan fingerprint density at radius 1 is 1.08 bits per heavy atom. The minimum atomic E-state index is -0.286. The molecule has 3 rings (SSSR count). The number of benzene rings is 2. The van der Waals surface area contributed by atoms with E-state index in [4.69, 9.17) is 0 Å². The zero-order valence-electron chi connectivity index (χ0n) is 12.9. The molecular weight excluding hydrogens is 470 g/mol. The molecule has 7 heteroatoms. The number of aromatic hydroxyl groups is 1. The minimum absolute atomic E-state index is 0.0908. The first-order valence-electron chi connectivity index (χ1n) is 7.43. The summed E-state index contributed by atoms with van der Waals surface area (Å²) in [6.45, 7) is 0.356. The largest absolute Gasteiger partial charge is 0.506 e. The van der Waals surface area contributed by atoms with Crippen molar-refractivity contribution in [3.63, 3.8) is 0 Å². The highest BCUT2D eigenvalue weighted by Crippen LogP contribution is 2.36. The summed E-state index contributed by atoms with van der Waals surface area (Å²) in [5.41, 5.74) is 1.79. The average Bonchev–Trinajstić information content (AvgIpc) is 2.85. The Morgan fingerprint density at radius 3 is 2.36 bits per heavy atom. The Kier molecular flexibility index (Phi) is 5.66. The Labute approximate surface area is 166 Å². The molecule has 0 aromatic heterocycles. The molecule has 128 valence electrons. The molecule has 0 unspecified atom stereocenters. The van der Waals surface area contributed by atoms with Gasteiger partial charge in [0.2, 0.25) is 0 Å². The lowest BCUT2D eigenvalue weighted by molar-refractivity contribution is -0.122. The number of thioether (sulfide) groups is 1. The van der Waals surface area contributed by atoms with E-state index in [1.165, 1.54) is 4.90 Å². The average molecular weight is 483 g/mol. The second-order valence-corrected chi connectivity index (χ2v) is 8.10. The maximum absolute atomic E-state index is 12.5. The van der Waals surface area contributed by atoms with E-state index in [1.807, 2.05) is 30.3 Å². The van der Waals surface area contributed by atoms with E-state index < -0.39 is 0 Å². The molecule has 0 atom stereocenters. The van der Waals surface area contributed by atoms with Gasteiger partial charge in [0, 0.05) is 6.54 Å². The molecule has 0 spiro atoms. The summed E-state index contributed by atoms with van der Waals surface area (Å²) in [4.78, 5) is 26.3. The Balaban J connectivity index is 1.76. The fourth-order valence-corrected chi connectivity index (χ4v) is 4.49. The van der Waals surface area contributed by atoms with Gasteiger partial charge in [-0.1, -0.05) is 30.3 Å². The summed E-state index contributed by atoms with van der Waals surface area (Å²) in [5, 5.41) is 9.50. The predicted octanol–water partition coefficient (Wildman–Crippen LogP) is 5.20. The van der Waals surface area contributed by atoms with Crippen LogP contribution < -0.4 is 0 Å². The highest BCUT2D eigenvalue weighted by atomic mass is 79.9. The summed E-state index contributed by atoms with van der Waals surface area (Å²) in [7, 11) is 0. The molecule has 1 aliphatic heterocycles. The van der Waals surface area contributed by atoms with E-state index in [2.05, 4.69) is 31.9 Å². The maximum Gasteiger partial charge on any atom is 0.293 e. The van der Waals surface area contributed by atoms with Gasteiger partial charge in [0.25, 0.3) is 11.1 Å². The number of phenols is 1. The number of imide groups is 1. The van der Waals surface area contributed by atoms with Gasteiger partial charge in [-0.15, -0.1) is 0 Å². The van der Waals surface area contributed by atoms with Gasteiger partial charge in [0.1, 0.15) is 5.75 Å². The molecule has 2 amide bonds. The van der Waals surface area contributed by atoms with Crippen LogP contribution in [-0.4, -0.2) is 27.7 Å². The van der Waals surface area contributed by atoms with Crippen molar-refractivity contribution < 1.29 is 14.7 Å². The molecule has 2 aromatic carbocycles. The monoisotopic (exact) mass is 481 g/mol. The number of carbonyl (C=O) groups excluding carboxylic acids is 2. The first-order chi connectivity index (χ1) is 12.0. The van der Waals surface area contributed by atoms with Gasteiger partial charge in [0.05, 0.1) is 13.9 Å². The smallest absolute Gasteiger partial charge is 0.293 e. The molecule has 1 heterocycles. The zero-order chi connectivity index (χ0) is 18.0. The minimum Gasteiger partial charge on any atom is -0.506 e. The number of rotatable bonds is 4. The summed E-state index contributed by atoms with van der Waals surface area (Å²) in [6.07, 6.45) is 2.28. The van der Waals surface area contributed by atoms with Gasteiger partial charge in [-0.05, 0) is 79.4 Å². The Morgan fingerprint density at radius 2 is 1.72 bits per heavy atom. The van der Waals surface area contributed by atoms with Crippen molar-refractivity contribution in [3.8, 4) is 5.75 Å². The highest BCUT2D eigenvalue weighted by Gasteiger charge is 2.34. The first kappa shape index (κ1) is 18.2. The normalized spacial score (nSPS) is 16.1. The van der Waals surface area contributed by atoms with Crippen molar-refractivity contribution >= 4 is 60.8 Å². The van der Waals surface area contributed by atoms with Gasteiger partial charge in [-0.2, -0.15) is 0 Å². The molecule has 0 saturated carbocycles. The second kappa shape index (κ2) is 7.76. The summed E-state index contributed by atoms with van der Waals surface area (Å²) in [6, 6.07) is 13.1. The second-order valence-electron chi connectivity index (χ2n) is 5.40. The van der Waals surface area contributed by atoms with Crippen LogP contribution in [0, 0.1) is 0 Å². The summed E-state index contributed by atoms with van der Waals surface area (Å²) >= 11 is 7.45. The number of nitrogens with zero attached hydrogens (tertiary/aromatic N) is 1. The van der Waals surface area contributed by atoms with Crippen molar-refractivity contribution in [2.45, 2.75) is 6.42 Å². The zero-order valence-corrected chi connectivity index (χ0v) is 16.9. The number of hydrogen-bond donors (Lipinski definition) is 1. The third-order valence-electron chi connectivity index (χ3n) is 3.68. The third kappa shape index (κ3) is 4.16. The molecule has 1 aliphatic rings. The molecule has 0 bridgehead atoms. The van der Waals surface area contributed by atoms with Crippen molar-refractivity contribution in [1.29, 1.82) is 0 Å². The van der Waals surface area contributed by atoms with Crippen LogP contribution in [0.1, 0.15) is 11.1 Å². The molecule has 1 fully saturated rings. The van der Waals surface area contributed by atoms with Gasteiger partial charge in [0.15, 0.2) is 0 Å². The van der Waals surface area contributed by atoms with Gasteiger partial charge >= 0.3 is 0 Å². The van der Waals surface area contributed by atoms with E-state index in [1.54, 1.807) is 18.2 Å². The van der Waals surface area contributed by atoms with Gasteiger partial charge in [-0.3, -0.25) is 14.5 Å². The fourth-order valence-electron chi connectivity index (χ4n) is 2.40. The lowest BCUT2D eigenvalue weighted by Crippen LogP contribution is -2.30. The van der Waals surface area contributed by atoms with Crippen LogP contribution in [-0.2, 0) is 11.2 Å². The van der Waals surface area contributed by atoms with E-state index >= 15 is 0 Å². The number of carbonyl (C=O) groups is 2. The van der Waals surface area contributed by atoms with Crippen LogP contribution >= 0.6 is 43.6 Å². The Bertz CT molecular complexity index is 845. The van der Waals surface area contributed by atoms with Gasteiger partial charge < -0.3 is 5.11 Å². The van der Waals surface area contributed by atoms with Crippen LogP contribution in [0.4, 0.5) is 4.79 Å². The highest BCUT2D eigenvalue weighted by molar-refractivity contribution is 9.11. The maximum atomic E-state index is 12.5. The first-order valence-corrected chi connectivity index (χ1v) is 9.83. The van der Waals surface area contributed by atoms with E-state index in [9.17, 15) is 14.7 Å². The van der Waals surface area contributed by atoms with E-state index in [0.717, 1.165) is 17.3 Å². The summed E-state index contributed by atoms with van der Waals surface area (Å²) < 4.78 is 1.02. The Hall–Kier alpha value is -1.57. The van der Waals surface area contributed by atoms with Crippen LogP contribution in [0.5, 0.6) is 5.75 Å². The lowest BCUT2D eigenvalue weighted by atomic mass is 10.1. The topological polar surface area (TPSA) is 57.6 Å². The molecule has 0 aliphatic carbocycles. The molecular formula is C18H13Br2NO3S. The molecule has 1 N–H and O–H groups in total. The number of hydrogen-bond acceptors (Lipinski definition) is 4. The van der Waals surface area contributed by atoms with Crippen molar-refractivity contribution in [1.82, 2.24) is 4.90 Å². The van der Waals surface area contributed by atoms with Crippen LogP contribution in [0.3, 0.4) is 0 Å². The number of amides is 2. The van der Waals surface area contributed by atoms with E-state index in [0.29, 0.717) is 32.4 Å².